The first-order valence-corrected chi connectivity index (χ1v) is 7.24. The molecule has 0 aliphatic carbocycles. The average Bonchev–Trinajstić information content (AvgIpc) is 3.02. The third-order valence-electron chi connectivity index (χ3n) is 3.70. The van der Waals surface area contributed by atoms with Crippen LogP contribution in [0.15, 0.2) is 30.5 Å². The topological polar surface area (TPSA) is 49.7 Å². The Morgan fingerprint density at radius 1 is 1.24 bits per heavy atom. The van der Waals surface area contributed by atoms with Crippen LogP contribution >= 0.6 is 0 Å². The molecule has 0 saturated heterocycles. The van der Waals surface area contributed by atoms with E-state index in [1.165, 1.54) is 5.69 Å². The first-order chi connectivity index (χ1) is 10.1. The number of rotatable bonds is 5. The fourth-order valence-electron chi connectivity index (χ4n) is 2.58. The Balaban J connectivity index is 1.60. The van der Waals surface area contributed by atoms with Crippen LogP contribution in [0.25, 0.3) is 11.0 Å². The number of aromatic amines is 1. The summed E-state index contributed by atoms with van der Waals surface area (Å²) in [6.07, 6.45) is 1.92. The summed E-state index contributed by atoms with van der Waals surface area (Å²) >= 11 is 0. The van der Waals surface area contributed by atoms with E-state index in [9.17, 15) is 0 Å². The van der Waals surface area contributed by atoms with Gasteiger partial charge in [-0.3, -0.25) is 9.58 Å². The summed E-state index contributed by atoms with van der Waals surface area (Å²) in [7, 11) is 2.12. The number of nitrogens with zero attached hydrogens (tertiary/aromatic N) is 4. The molecule has 0 amide bonds. The zero-order valence-electron chi connectivity index (χ0n) is 12.8. The molecule has 3 aromatic heterocycles. The molecule has 0 bridgehead atoms. The van der Waals surface area contributed by atoms with Crippen molar-refractivity contribution in [2.75, 3.05) is 13.6 Å². The van der Waals surface area contributed by atoms with Gasteiger partial charge in [0.25, 0.3) is 0 Å². The maximum atomic E-state index is 4.63. The van der Waals surface area contributed by atoms with Gasteiger partial charge in [-0.1, -0.05) is 0 Å². The normalized spacial score (nSPS) is 11.6. The van der Waals surface area contributed by atoms with Gasteiger partial charge in [0.15, 0.2) is 0 Å². The second kappa shape index (κ2) is 5.69. The molecule has 110 valence electrons. The fourth-order valence-corrected chi connectivity index (χ4v) is 2.58. The van der Waals surface area contributed by atoms with Crippen LogP contribution in [0.5, 0.6) is 0 Å². The molecule has 3 aromatic rings. The first-order valence-electron chi connectivity index (χ1n) is 7.24. The zero-order valence-corrected chi connectivity index (χ0v) is 12.8. The lowest BCUT2D eigenvalue weighted by Crippen LogP contribution is -2.24. The molecule has 0 spiro atoms. The highest BCUT2D eigenvalue weighted by Crippen LogP contribution is 2.11. The maximum Gasteiger partial charge on any atom is 0.137 e. The lowest BCUT2D eigenvalue weighted by atomic mass is 10.3. The summed E-state index contributed by atoms with van der Waals surface area (Å²) in [4.78, 5) is 10.1. The predicted octanol–water partition coefficient (Wildman–Crippen LogP) is 2.51. The van der Waals surface area contributed by atoms with Gasteiger partial charge in [0.2, 0.25) is 0 Å². The minimum Gasteiger partial charge on any atom is -0.346 e. The molecule has 0 aromatic carbocycles. The van der Waals surface area contributed by atoms with Crippen molar-refractivity contribution in [3.63, 3.8) is 0 Å². The van der Waals surface area contributed by atoms with Crippen LogP contribution < -0.4 is 0 Å². The second-order valence-corrected chi connectivity index (χ2v) is 5.61. The van der Waals surface area contributed by atoms with Gasteiger partial charge in [0, 0.05) is 30.4 Å². The summed E-state index contributed by atoms with van der Waals surface area (Å²) in [5.74, 6) is 0. The number of fused-ring (bicyclic) bond motifs is 1. The summed E-state index contributed by atoms with van der Waals surface area (Å²) in [6.45, 7) is 6.82. The minimum absolute atomic E-state index is 0.842. The number of aryl methyl sites for hydroxylation is 2. The molecule has 0 radical (unpaired) electrons. The van der Waals surface area contributed by atoms with E-state index in [1.54, 1.807) is 0 Å². The Morgan fingerprint density at radius 2 is 2.10 bits per heavy atom. The molecule has 21 heavy (non-hydrogen) atoms. The molecule has 0 saturated carbocycles. The van der Waals surface area contributed by atoms with Gasteiger partial charge >= 0.3 is 0 Å². The standard InChI is InChI=1S/C16H21N5/c1-12-10-13(2)21(19-12)9-8-20(3)11-15-5-4-14-6-7-17-16(14)18-15/h4-7,10H,8-9,11H2,1-3H3,(H,17,18). The molecule has 1 N–H and O–H groups in total. The van der Waals surface area contributed by atoms with Gasteiger partial charge in [0.1, 0.15) is 5.65 Å². The number of pyridine rings is 1. The van der Waals surface area contributed by atoms with Crippen molar-refractivity contribution in [1.82, 2.24) is 24.6 Å². The van der Waals surface area contributed by atoms with E-state index < -0.39 is 0 Å². The van der Waals surface area contributed by atoms with Crippen LogP contribution in [0, 0.1) is 13.8 Å². The number of likely N-dealkylation sites (N-methyl/N-ethyl adjacent to an activating group) is 1. The van der Waals surface area contributed by atoms with E-state index in [1.807, 2.05) is 19.2 Å². The third kappa shape index (κ3) is 3.13. The largest absolute Gasteiger partial charge is 0.346 e. The fraction of sp³-hybridized carbons (Fsp3) is 0.375. The van der Waals surface area contributed by atoms with Gasteiger partial charge < -0.3 is 4.98 Å². The highest BCUT2D eigenvalue weighted by molar-refractivity contribution is 5.75. The molecule has 5 nitrogen and oxygen atoms in total. The third-order valence-corrected chi connectivity index (χ3v) is 3.70. The van der Waals surface area contributed by atoms with Gasteiger partial charge in [-0.25, -0.2) is 4.98 Å². The van der Waals surface area contributed by atoms with E-state index in [-0.39, 0.29) is 0 Å². The Labute approximate surface area is 124 Å². The highest BCUT2D eigenvalue weighted by Gasteiger charge is 2.06. The van der Waals surface area contributed by atoms with Crippen molar-refractivity contribution >= 4 is 11.0 Å². The monoisotopic (exact) mass is 283 g/mol. The second-order valence-electron chi connectivity index (χ2n) is 5.61. The lowest BCUT2D eigenvalue weighted by molar-refractivity contribution is 0.300. The van der Waals surface area contributed by atoms with E-state index in [4.69, 9.17) is 0 Å². The minimum atomic E-state index is 0.842. The summed E-state index contributed by atoms with van der Waals surface area (Å²) in [6, 6.07) is 8.36. The number of aromatic nitrogens is 4. The maximum absolute atomic E-state index is 4.63. The molecular formula is C16H21N5. The molecule has 3 rings (SSSR count). The smallest absolute Gasteiger partial charge is 0.137 e. The molecule has 0 aliphatic heterocycles. The summed E-state index contributed by atoms with van der Waals surface area (Å²) in [5, 5.41) is 5.65. The van der Waals surface area contributed by atoms with Crippen molar-refractivity contribution in [2.45, 2.75) is 26.9 Å². The van der Waals surface area contributed by atoms with Crippen molar-refractivity contribution in [3.8, 4) is 0 Å². The number of hydrogen-bond donors (Lipinski definition) is 1. The van der Waals surface area contributed by atoms with Crippen molar-refractivity contribution in [3.05, 3.63) is 47.5 Å². The van der Waals surface area contributed by atoms with Crippen molar-refractivity contribution in [2.24, 2.45) is 0 Å². The van der Waals surface area contributed by atoms with Crippen LogP contribution in [0.3, 0.4) is 0 Å². The van der Waals surface area contributed by atoms with Crippen LogP contribution in [0.1, 0.15) is 17.1 Å². The molecule has 0 fully saturated rings. The van der Waals surface area contributed by atoms with E-state index in [0.717, 1.165) is 42.1 Å². The van der Waals surface area contributed by atoms with Gasteiger partial charge in [-0.2, -0.15) is 5.10 Å². The highest BCUT2D eigenvalue weighted by atomic mass is 15.3. The van der Waals surface area contributed by atoms with Gasteiger partial charge in [0.05, 0.1) is 17.9 Å². The number of hydrogen-bond acceptors (Lipinski definition) is 3. The van der Waals surface area contributed by atoms with Crippen molar-refractivity contribution < 1.29 is 0 Å². The van der Waals surface area contributed by atoms with Gasteiger partial charge in [-0.15, -0.1) is 0 Å². The quantitative estimate of drug-likeness (QED) is 0.782. The molecular weight excluding hydrogens is 262 g/mol. The molecule has 3 heterocycles. The zero-order chi connectivity index (χ0) is 14.8. The molecule has 5 heteroatoms. The van der Waals surface area contributed by atoms with Gasteiger partial charge in [-0.05, 0) is 45.2 Å². The Bertz CT molecular complexity index is 740. The Morgan fingerprint density at radius 3 is 2.86 bits per heavy atom. The van der Waals surface area contributed by atoms with E-state index in [2.05, 4.69) is 56.8 Å². The van der Waals surface area contributed by atoms with E-state index in [0.29, 0.717) is 0 Å². The Kier molecular flexibility index (Phi) is 3.75. The van der Waals surface area contributed by atoms with E-state index >= 15 is 0 Å². The Hall–Kier alpha value is -2.14. The van der Waals surface area contributed by atoms with Crippen LogP contribution in [-0.2, 0) is 13.1 Å². The van der Waals surface area contributed by atoms with Crippen molar-refractivity contribution in [1.29, 1.82) is 0 Å². The molecule has 0 aliphatic rings. The first kappa shape index (κ1) is 13.8. The summed E-state index contributed by atoms with van der Waals surface area (Å²) < 4.78 is 2.06. The molecule has 0 atom stereocenters. The number of H-pyrrole nitrogens is 1. The number of nitrogens with one attached hydrogen (secondary N) is 1. The average molecular weight is 283 g/mol. The predicted molar refractivity (Wildman–Crippen MR) is 84.1 cm³/mol. The summed E-state index contributed by atoms with van der Waals surface area (Å²) in [5.41, 5.74) is 4.33. The van der Waals surface area contributed by atoms with Crippen LogP contribution in [-0.4, -0.2) is 38.2 Å². The lowest BCUT2D eigenvalue weighted by Gasteiger charge is -2.16. The molecule has 0 unspecified atom stereocenters. The SMILES string of the molecule is Cc1cc(C)n(CCN(C)Cc2ccc3cc[nH]c3n2)n1. The van der Waals surface area contributed by atoms with Crippen LogP contribution in [0.2, 0.25) is 0 Å². The van der Waals surface area contributed by atoms with Crippen LogP contribution in [0.4, 0.5) is 0 Å².